The average molecular weight is 227 g/mol. The third-order valence-corrected chi connectivity index (χ3v) is 3.17. The van der Waals surface area contributed by atoms with Crippen molar-refractivity contribution in [1.29, 1.82) is 0 Å². The van der Waals surface area contributed by atoms with Crippen molar-refractivity contribution in [2.75, 3.05) is 0 Å². The molecule has 0 bridgehead atoms. The molecule has 6 heteroatoms. The van der Waals surface area contributed by atoms with Gasteiger partial charge in [-0.3, -0.25) is 4.79 Å². The van der Waals surface area contributed by atoms with Crippen molar-refractivity contribution in [3.8, 4) is 0 Å². The van der Waals surface area contributed by atoms with Crippen molar-refractivity contribution in [1.82, 2.24) is 15.6 Å². The highest BCUT2D eigenvalue weighted by atomic mass is 32.1. The van der Waals surface area contributed by atoms with E-state index in [1.165, 1.54) is 6.42 Å². The average Bonchev–Trinajstić information content (AvgIpc) is 2.55. The summed E-state index contributed by atoms with van der Waals surface area (Å²) in [6.07, 6.45) is 3.34. The Morgan fingerprint density at radius 2 is 2.40 bits per heavy atom. The van der Waals surface area contributed by atoms with E-state index in [-0.39, 0.29) is 10.9 Å². The van der Waals surface area contributed by atoms with Gasteiger partial charge < -0.3 is 15.6 Å². The third kappa shape index (κ3) is 2.82. The molecule has 1 heterocycles. The van der Waals surface area contributed by atoms with Gasteiger partial charge in [-0.05, 0) is 19.3 Å². The summed E-state index contributed by atoms with van der Waals surface area (Å²) in [7, 11) is 0. The fourth-order valence-corrected chi connectivity index (χ4v) is 1.95. The molecule has 5 nitrogen and oxygen atoms in total. The molecule has 1 aliphatic rings. The number of hydrogen-bond donors (Lipinski definition) is 3. The molecule has 1 aliphatic carbocycles. The Balaban J connectivity index is 1.72. The maximum absolute atomic E-state index is 11.3. The van der Waals surface area contributed by atoms with Crippen LogP contribution in [-0.2, 0) is 6.54 Å². The SMILES string of the molecule is O=C(NCc1csc(=O)[nH]1)NC1CCC1. The van der Waals surface area contributed by atoms with Crippen molar-refractivity contribution < 1.29 is 4.79 Å². The monoisotopic (exact) mass is 227 g/mol. The summed E-state index contributed by atoms with van der Waals surface area (Å²) in [5.74, 6) is 0. The minimum atomic E-state index is -0.160. The lowest BCUT2D eigenvalue weighted by atomic mass is 9.93. The fraction of sp³-hybridized carbons (Fsp3) is 0.556. The van der Waals surface area contributed by atoms with Gasteiger partial charge in [0.2, 0.25) is 0 Å². The molecule has 0 saturated heterocycles. The Kier molecular flexibility index (Phi) is 3.05. The first kappa shape index (κ1) is 10.2. The number of aromatic nitrogens is 1. The zero-order chi connectivity index (χ0) is 10.7. The van der Waals surface area contributed by atoms with Crippen LogP contribution in [0.2, 0.25) is 0 Å². The smallest absolute Gasteiger partial charge is 0.315 e. The molecule has 0 aliphatic heterocycles. The van der Waals surface area contributed by atoms with Crippen molar-refractivity contribution in [2.45, 2.75) is 31.8 Å². The number of rotatable bonds is 3. The summed E-state index contributed by atoms with van der Waals surface area (Å²) < 4.78 is 0. The Bertz CT molecular complexity index is 394. The van der Waals surface area contributed by atoms with Crippen molar-refractivity contribution in [2.24, 2.45) is 0 Å². The van der Waals surface area contributed by atoms with E-state index in [0.717, 1.165) is 29.9 Å². The van der Waals surface area contributed by atoms with Gasteiger partial charge in [0.1, 0.15) is 0 Å². The molecule has 82 valence electrons. The van der Waals surface area contributed by atoms with E-state index in [2.05, 4.69) is 15.6 Å². The molecule has 0 unspecified atom stereocenters. The number of urea groups is 1. The zero-order valence-corrected chi connectivity index (χ0v) is 9.02. The van der Waals surface area contributed by atoms with Gasteiger partial charge in [0.25, 0.3) is 0 Å². The lowest BCUT2D eigenvalue weighted by Crippen LogP contribution is -2.44. The molecule has 3 N–H and O–H groups in total. The van der Waals surface area contributed by atoms with E-state index in [0.29, 0.717) is 12.6 Å². The standard InChI is InChI=1S/C9H13N3O2S/c13-8(11-6-2-1-3-6)10-4-7-5-15-9(14)12-7/h5-6H,1-4H2,(H,12,14)(H2,10,11,13). The van der Waals surface area contributed by atoms with Crippen LogP contribution < -0.4 is 15.5 Å². The number of aromatic amines is 1. The quantitative estimate of drug-likeness (QED) is 0.714. The number of thiazole rings is 1. The number of hydrogen-bond acceptors (Lipinski definition) is 3. The third-order valence-electron chi connectivity index (χ3n) is 2.45. The Hall–Kier alpha value is -1.30. The largest absolute Gasteiger partial charge is 0.335 e. The Morgan fingerprint density at radius 3 is 2.93 bits per heavy atom. The van der Waals surface area contributed by atoms with Gasteiger partial charge in [-0.15, -0.1) is 0 Å². The first-order chi connectivity index (χ1) is 7.24. The van der Waals surface area contributed by atoms with Crippen LogP contribution in [0.1, 0.15) is 25.0 Å². The van der Waals surface area contributed by atoms with Crippen LogP contribution in [0.15, 0.2) is 10.2 Å². The second kappa shape index (κ2) is 4.48. The van der Waals surface area contributed by atoms with Gasteiger partial charge in [0.05, 0.1) is 6.54 Å². The molecule has 2 rings (SSSR count). The highest BCUT2D eigenvalue weighted by molar-refractivity contribution is 7.07. The number of amides is 2. The number of carbonyl (C=O) groups is 1. The first-order valence-electron chi connectivity index (χ1n) is 4.95. The highest BCUT2D eigenvalue weighted by Crippen LogP contribution is 2.17. The van der Waals surface area contributed by atoms with E-state index in [9.17, 15) is 9.59 Å². The molecule has 0 radical (unpaired) electrons. The van der Waals surface area contributed by atoms with Gasteiger partial charge in [-0.2, -0.15) is 0 Å². The van der Waals surface area contributed by atoms with Crippen molar-refractivity contribution >= 4 is 17.4 Å². The van der Waals surface area contributed by atoms with E-state index >= 15 is 0 Å². The lowest BCUT2D eigenvalue weighted by Gasteiger charge is -2.26. The molecule has 0 atom stereocenters. The minimum absolute atomic E-state index is 0.0915. The molecular formula is C9H13N3O2S. The second-order valence-corrected chi connectivity index (χ2v) is 4.47. The number of H-pyrrole nitrogens is 1. The van der Waals surface area contributed by atoms with E-state index in [1.54, 1.807) is 5.38 Å². The second-order valence-electron chi connectivity index (χ2n) is 3.63. The zero-order valence-electron chi connectivity index (χ0n) is 8.21. The van der Waals surface area contributed by atoms with Crippen molar-refractivity contribution in [3.63, 3.8) is 0 Å². The van der Waals surface area contributed by atoms with Gasteiger partial charge in [0.15, 0.2) is 0 Å². The molecule has 2 amide bonds. The Morgan fingerprint density at radius 1 is 1.60 bits per heavy atom. The molecule has 1 saturated carbocycles. The van der Waals surface area contributed by atoms with E-state index < -0.39 is 0 Å². The van der Waals surface area contributed by atoms with Crippen LogP contribution in [0.3, 0.4) is 0 Å². The van der Waals surface area contributed by atoms with Gasteiger partial charge >= 0.3 is 10.9 Å². The summed E-state index contributed by atoms with van der Waals surface area (Å²) in [6.45, 7) is 0.372. The number of nitrogens with one attached hydrogen (secondary N) is 3. The predicted molar refractivity (Wildman–Crippen MR) is 58.0 cm³/mol. The molecule has 0 aromatic carbocycles. The normalized spacial score (nSPS) is 15.7. The maximum atomic E-state index is 11.3. The lowest BCUT2D eigenvalue weighted by molar-refractivity contribution is 0.228. The van der Waals surface area contributed by atoms with E-state index in [1.807, 2.05) is 0 Å². The van der Waals surface area contributed by atoms with Crippen molar-refractivity contribution in [3.05, 3.63) is 20.7 Å². The summed E-state index contributed by atoms with van der Waals surface area (Å²) in [5.41, 5.74) is 0.744. The topological polar surface area (TPSA) is 74.0 Å². The summed E-state index contributed by atoms with van der Waals surface area (Å²) in [4.78, 5) is 24.7. The summed E-state index contributed by atoms with van der Waals surface area (Å²) >= 11 is 1.10. The predicted octanol–water partition coefficient (Wildman–Crippen LogP) is 0.788. The Labute approximate surface area is 90.9 Å². The van der Waals surface area contributed by atoms with E-state index in [4.69, 9.17) is 0 Å². The highest BCUT2D eigenvalue weighted by Gasteiger charge is 2.18. The van der Waals surface area contributed by atoms with Crippen LogP contribution in [0.25, 0.3) is 0 Å². The van der Waals surface area contributed by atoms with Crippen LogP contribution in [-0.4, -0.2) is 17.1 Å². The van der Waals surface area contributed by atoms with Crippen LogP contribution in [0, 0.1) is 0 Å². The number of carbonyl (C=O) groups excluding carboxylic acids is 1. The summed E-state index contributed by atoms with van der Waals surface area (Å²) in [6, 6.07) is 0.179. The van der Waals surface area contributed by atoms with Crippen LogP contribution >= 0.6 is 11.3 Å². The molecular weight excluding hydrogens is 214 g/mol. The van der Waals surface area contributed by atoms with Gasteiger partial charge in [0, 0.05) is 17.1 Å². The van der Waals surface area contributed by atoms with Crippen LogP contribution in [0.5, 0.6) is 0 Å². The molecule has 1 fully saturated rings. The minimum Gasteiger partial charge on any atom is -0.335 e. The van der Waals surface area contributed by atoms with Crippen LogP contribution in [0.4, 0.5) is 4.79 Å². The molecule has 1 aromatic rings. The fourth-order valence-electron chi connectivity index (χ4n) is 1.37. The molecule has 1 aromatic heterocycles. The van der Waals surface area contributed by atoms with Gasteiger partial charge in [-0.1, -0.05) is 11.3 Å². The first-order valence-corrected chi connectivity index (χ1v) is 5.83. The van der Waals surface area contributed by atoms with Gasteiger partial charge in [-0.25, -0.2) is 4.79 Å². The summed E-state index contributed by atoms with van der Waals surface area (Å²) in [5, 5.41) is 7.27. The molecule has 0 spiro atoms. The molecule has 15 heavy (non-hydrogen) atoms. The maximum Gasteiger partial charge on any atom is 0.315 e.